The Morgan fingerprint density at radius 1 is 1.28 bits per heavy atom. The van der Waals surface area contributed by atoms with Crippen molar-refractivity contribution in [3.63, 3.8) is 0 Å². The topological polar surface area (TPSA) is 72.0 Å². The van der Waals surface area contributed by atoms with E-state index in [-0.39, 0.29) is 17.1 Å². The molecule has 4 unspecified atom stereocenters. The Morgan fingerprint density at radius 3 is 2.97 bits per heavy atom. The fourth-order valence-electron chi connectivity index (χ4n) is 6.99. The first kappa shape index (κ1) is 21.2. The minimum absolute atomic E-state index is 0.0684. The molecule has 5 nitrogen and oxygen atoms in total. The number of nitrogens with zero attached hydrogens (tertiary/aromatic N) is 2. The second-order valence-corrected chi connectivity index (χ2v) is 10.0. The fraction of sp³-hybridized carbons (Fsp3) is 0.538. The van der Waals surface area contributed by atoms with Crippen LogP contribution in [0.4, 0.5) is 10.2 Å². The molecule has 5 rings (SSSR count). The van der Waals surface area contributed by atoms with E-state index < -0.39 is 0 Å². The zero-order chi connectivity index (χ0) is 22.3. The maximum Gasteiger partial charge on any atom is 0.225 e. The van der Waals surface area contributed by atoms with Crippen LogP contribution >= 0.6 is 0 Å². The van der Waals surface area contributed by atoms with Crippen LogP contribution in [0.5, 0.6) is 0 Å². The number of hydrogen-bond acceptors (Lipinski definition) is 4. The number of nitrogens with one attached hydrogen (secondary N) is 1. The van der Waals surface area contributed by atoms with E-state index in [1.54, 1.807) is 18.5 Å². The second-order valence-electron chi connectivity index (χ2n) is 10.0. The van der Waals surface area contributed by atoms with E-state index in [1.807, 2.05) is 6.07 Å². The second kappa shape index (κ2) is 8.38. The summed E-state index contributed by atoms with van der Waals surface area (Å²) in [5.41, 5.74) is 1.79. The normalized spacial score (nSPS) is 30.9. The molecule has 3 aliphatic rings. The van der Waals surface area contributed by atoms with E-state index in [0.717, 1.165) is 44.1 Å². The number of benzene rings is 1. The van der Waals surface area contributed by atoms with Gasteiger partial charge in [0.05, 0.1) is 6.20 Å². The monoisotopic (exact) mass is 435 g/mol. The third kappa shape index (κ3) is 3.63. The van der Waals surface area contributed by atoms with E-state index in [0.29, 0.717) is 48.1 Å². The predicted octanol–water partition coefficient (Wildman–Crippen LogP) is 5.08. The molecule has 0 bridgehead atoms. The third-order valence-corrected chi connectivity index (χ3v) is 8.37. The number of rotatable bonds is 5. The van der Waals surface area contributed by atoms with Crippen LogP contribution in [0.3, 0.4) is 0 Å². The van der Waals surface area contributed by atoms with Gasteiger partial charge in [0, 0.05) is 30.7 Å². The number of carbonyl (C=O) groups excluding carboxylic acids is 2. The summed E-state index contributed by atoms with van der Waals surface area (Å²) in [6, 6.07) is 5.50. The summed E-state index contributed by atoms with van der Waals surface area (Å²) in [6.07, 6.45) is 10.9. The Kier molecular flexibility index (Phi) is 5.56. The first-order chi connectivity index (χ1) is 15.5. The summed E-state index contributed by atoms with van der Waals surface area (Å²) in [7, 11) is 0. The van der Waals surface area contributed by atoms with E-state index in [4.69, 9.17) is 0 Å². The maximum atomic E-state index is 14.4. The van der Waals surface area contributed by atoms with Gasteiger partial charge >= 0.3 is 0 Å². The van der Waals surface area contributed by atoms with Gasteiger partial charge in [-0.25, -0.2) is 9.37 Å². The number of fused-ring (bicyclic) bond motifs is 5. The zero-order valence-electron chi connectivity index (χ0n) is 18.5. The number of ketones is 1. The van der Waals surface area contributed by atoms with Gasteiger partial charge in [0.15, 0.2) is 5.82 Å². The molecule has 1 aromatic heterocycles. The molecule has 2 aromatic rings. The van der Waals surface area contributed by atoms with Gasteiger partial charge in [0.1, 0.15) is 11.6 Å². The number of amides is 1. The van der Waals surface area contributed by atoms with Crippen molar-refractivity contribution in [3.05, 3.63) is 53.7 Å². The van der Waals surface area contributed by atoms with Gasteiger partial charge in [-0.1, -0.05) is 19.1 Å². The summed E-state index contributed by atoms with van der Waals surface area (Å²) in [4.78, 5) is 33.5. The van der Waals surface area contributed by atoms with Crippen LogP contribution in [0.25, 0.3) is 0 Å². The first-order valence-electron chi connectivity index (χ1n) is 11.8. The van der Waals surface area contributed by atoms with E-state index in [9.17, 15) is 14.0 Å². The quantitative estimate of drug-likeness (QED) is 0.711. The third-order valence-electron chi connectivity index (χ3n) is 8.37. The summed E-state index contributed by atoms with van der Waals surface area (Å²) >= 11 is 0. The number of Topliss-reactive ketones (excluding diaryl/α,β-unsaturated/α-hetero) is 1. The number of halogens is 1. The molecule has 0 aliphatic heterocycles. The van der Waals surface area contributed by atoms with Crippen LogP contribution in [0.1, 0.15) is 68.9 Å². The van der Waals surface area contributed by atoms with Crippen LogP contribution in [0.2, 0.25) is 0 Å². The molecule has 1 amide bonds. The summed E-state index contributed by atoms with van der Waals surface area (Å²) in [5.74, 6) is 2.11. The lowest BCUT2D eigenvalue weighted by atomic mass is 9.54. The highest BCUT2D eigenvalue weighted by Crippen LogP contribution is 2.62. The molecule has 5 atom stereocenters. The van der Waals surface area contributed by atoms with E-state index in [2.05, 4.69) is 28.3 Å². The molecule has 168 valence electrons. The Bertz CT molecular complexity index is 1030. The smallest absolute Gasteiger partial charge is 0.225 e. The average Bonchev–Trinajstić information content (AvgIpc) is 3.04. The van der Waals surface area contributed by atoms with Crippen LogP contribution in [-0.2, 0) is 16.0 Å². The van der Waals surface area contributed by atoms with Crippen molar-refractivity contribution >= 4 is 17.5 Å². The highest BCUT2D eigenvalue weighted by atomic mass is 19.1. The lowest BCUT2D eigenvalue weighted by molar-refractivity contribution is -0.129. The molecule has 1 heterocycles. The minimum atomic E-state index is -0.265. The molecule has 3 aliphatic carbocycles. The zero-order valence-corrected chi connectivity index (χ0v) is 18.5. The molecule has 32 heavy (non-hydrogen) atoms. The van der Waals surface area contributed by atoms with Crippen molar-refractivity contribution in [2.75, 3.05) is 5.32 Å². The average molecular weight is 436 g/mol. The van der Waals surface area contributed by atoms with E-state index >= 15 is 0 Å². The van der Waals surface area contributed by atoms with Crippen molar-refractivity contribution in [1.29, 1.82) is 0 Å². The molecule has 2 fully saturated rings. The number of carbonyl (C=O) groups is 2. The van der Waals surface area contributed by atoms with Crippen molar-refractivity contribution in [2.45, 2.75) is 64.2 Å². The molecule has 1 aromatic carbocycles. The Morgan fingerprint density at radius 2 is 2.16 bits per heavy atom. The van der Waals surface area contributed by atoms with Crippen LogP contribution in [0, 0.1) is 29.0 Å². The molecule has 0 spiro atoms. The van der Waals surface area contributed by atoms with Crippen LogP contribution < -0.4 is 5.32 Å². The Balaban J connectivity index is 1.28. The number of hydrogen-bond donors (Lipinski definition) is 1. The van der Waals surface area contributed by atoms with Crippen LogP contribution in [-0.4, -0.2) is 21.7 Å². The van der Waals surface area contributed by atoms with Crippen molar-refractivity contribution in [3.8, 4) is 0 Å². The first-order valence-corrected chi connectivity index (χ1v) is 11.8. The van der Waals surface area contributed by atoms with Crippen molar-refractivity contribution < 1.29 is 14.0 Å². The lowest BCUT2D eigenvalue weighted by Gasteiger charge is -2.50. The SMILES string of the molecule is C[C@]12CCC3c4cccc(F)c4CCC3C1C(CCCC(=O)Nc1cnccn1)CC2=O. The number of aromatic nitrogens is 2. The van der Waals surface area contributed by atoms with Crippen molar-refractivity contribution in [2.24, 2.45) is 23.2 Å². The van der Waals surface area contributed by atoms with Gasteiger partial charge < -0.3 is 5.32 Å². The molecular weight excluding hydrogens is 405 g/mol. The predicted molar refractivity (Wildman–Crippen MR) is 119 cm³/mol. The highest BCUT2D eigenvalue weighted by Gasteiger charge is 2.58. The molecule has 0 saturated heterocycles. The van der Waals surface area contributed by atoms with Crippen LogP contribution in [0.15, 0.2) is 36.8 Å². The Labute approximate surface area is 188 Å². The number of anilines is 1. The molecule has 0 radical (unpaired) electrons. The molecule has 2 saturated carbocycles. The van der Waals surface area contributed by atoms with Gasteiger partial charge in [-0.15, -0.1) is 0 Å². The highest BCUT2D eigenvalue weighted by molar-refractivity contribution is 5.89. The molecule has 6 heteroatoms. The lowest BCUT2D eigenvalue weighted by Crippen LogP contribution is -2.44. The van der Waals surface area contributed by atoms with E-state index in [1.165, 1.54) is 11.8 Å². The summed E-state index contributed by atoms with van der Waals surface area (Å²) in [6.45, 7) is 2.16. The van der Waals surface area contributed by atoms with Gasteiger partial charge in [-0.3, -0.25) is 14.6 Å². The fourth-order valence-corrected chi connectivity index (χ4v) is 6.99. The van der Waals surface area contributed by atoms with Crippen molar-refractivity contribution in [1.82, 2.24) is 9.97 Å². The summed E-state index contributed by atoms with van der Waals surface area (Å²) < 4.78 is 14.4. The molecule has 1 N–H and O–H groups in total. The minimum Gasteiger partial charge on any atom is -0.309 e. The standard InChI is InChI=1S/C26H30FN3O2/c1-26-11-10-18-17-5-3-6-21(27)19(17)8-9-20(18)25(26)16(14-22(26)31)4-2-7-24(32)30-23-15-28-12-13-29-23/h3,5-6,12-13,15-16,18,20,25H,2,4,7-11,14H2,1H3,(H,29,30,32)/t16?,18?,20?,25?,26-/m1/s1. The van der Waals surface area contributed by atoms with Gasteiger partial charge in [0.2, 0.25) is 5.91 Å². The largest absolute Gasteiger partial charge is 0.309 e. The molecular formula is C26H30FN3O2. The summed E-state index contributed by atoms with van der Waals surface area (Å²) in [5, 5.41) is 2.79. The van der Waals surface area contributed by atoms with Gasteiger partial charge in [-0.05, 0) is 79.4 Å². The van der Waals surface area contributed by atoms with Gasteiger partial charge in [-0.2, -0.15) is 0 Å². The maximum absolute atomic E-state index is 14.4. The Hall–Kier alpha value is -2.63. The van der Waals surface area contributed by atoms with Gasteiger partial charge in [0.25, 0.3) is 0 Å².